The van der Waals surface area contributed by atoms with Gasteiger partial charge in [0.1, 0.15) is 29.2 Å². The molecule has 0 spiro atoms. The van der Waals surface area contributed by atoms with E-state index in [4.69, 9.17) is 9.47 Å². The fraction of sp³-hybridized carbons (Fsp3) is 0.222. The molecule has 3 aromatic rings. The molecular formula is C27H20F3N3O4. The Balaban J connectivity index is 1.12. The molecular weight excluding hydrogens is 487 g/mol. The van der Waals surface area contributed by atoms with Crippen LogP contribution in [0.25, 0.3) is 6.08 Å². The van der Waals surface area contributed by atoms with Crippen LogP contribution < -0.4 is 20.1 Å². The number of nitrogens with zero attached hydrogens (tertiary/aromatic N) is 1. The van der Waals surface area contributed by atoms with Crippen LogP contribution in [-0.2, 0) is 22.2 Å². The lowest BCUT2D eigenvalue weighted by atomic mass is 10.1. The van der Waals surface area contributed by atoms with Gasteiger partial charge in [0.15, 0.2) is 0 Å². The van der Waals surface area contributed by atoms with Crippen molar-refractivity contribution in [1.82, 2.24) is 10.3 Å². The molecule has 188 valence electrons. The van der Waals surface area contributed by atoms with E-state index >= 15 is 0 Å². The molecule has 10 heteroatoms. The zero-order valence-corrected chi connectivity index (χ0v) is 19.2. The Labute approximate surface area is 209 Å². The van der Waals surface area contributed by atoms with Gasteiger partial charge in [-0.05, 0) is 54.5 Å². The molecule has 0 radical (unpaired) electrons. The number of alkyl halides is 3. The Bertz CT molecular complexity index is 1450. The van der Waals surface area contributed by atoms with Gasteiger partial charge in [-0.3, -0.25) is 9.59 Å². The SMILES string of the molecule is O=C(/C=C/c1cccc(C(F)(F)F)c1)NC1[C@H]2Oc3ccc(Oc4ccnc5c4CCC(=O)N5)cc3[C@@H]12. The molecule has 3 aliphatic rings. The van der Waals surface area contributed by atoms with Crippen LogP contribution in [0.15, 0.2) is 60.8 Å². The molecule has 37 heavy (non-hydrogen) atoms. The molecule has 6 rings (SSSR count). The van der Waals surface area contributed by atoms with Crippen molar-refractivity contribution in [1.29, 1.82) is 0 Å². The maximum absolute atomic E-state index is 12.9. The van der Waals surface area contributed by atoms with E-state index in [1.165, 1.54) is 24.3 Å². The van der Waals surface area contributed by atoms with Crippen LogP contribution in [-0.4, -0.2) is 28.9 Å². The Morgan fingerprint density at radius 2 is 2.03 bits per heavy atom. The van der Waals surface area contributed by atoms with Gasteiger partial charge in [-0.15, -0.1) is 0 Å². The monoisotopic (exact) mass is 507 g/mol. The standard InChI is InChI=1S/C27H20F3N3O4/c28-27(29,30)15-3-1-2-14(12-15)4-8-21(34)32-24-23-18-13-16(5-7-19(18)37-25(23)24)36-20-10-11-31-26-17(20)6-9-22(35)33-26/h1-5,7-8,10-13,23-25H,6,9H2,(H,32,34)(H,31,33,35)/b8-4+/t23-,24?,25-/m0/s1. The van der Waals surface area contributed by atoms with Gasteiger partial charge < -0.3 is 20.1 Å². The lowest BCUT2D eigenvalue weighted by molar-refractivity contribution is -0.137. The summed E-state index contributed by atoms with van der Waals surface area (Å²) in [5.74, 6) is 1.88. The second kappa shape index (κ2) is 8.65. The lowest BCUT2D eigenvalue weighted by Crippen LogP contribution is -2.28. The van der Waals surface area contributed by atoms with Gasteiger partial charge in [-0.25, -0.2) is 4.98 Å². The molecule has 1 fully saturated rings. The van der Waals surface area contributed by atoms with Gasteiger partial charge >= 0.3 is 6.18 Å². The van der Waals surface area contributed by atoms with Crippen LogP contribution in [0.4, 0.5) is 19.0 Å². The fourth-order valence-electron chi connectivity index (χ4n) is 4.76. The van der Waals surface area contributed by atoms with Crippen molar-refractivity contribution in [2.24, 2.45) is 0 Å². The molecule has 1 unspecified atom stereocenters. The van der Waals surface area contributed by atoms with Gasteiger partial charge in [0.25, 0.3) is 0 Å². The zero-order chi connectivity index (χ0) is 25.7. The number of anilines is 1. The summed E-state index contributed by atoms with van der Waals surface area (Å²) in [7, 11) is 0. The number of carbonyl (C=O) groups excluding carboxylic acids is 2. The van der Waals surface area contributed by atoms with Gasteiger partial charge in [-0.1, -0.05) is 12.1 Å². The minimum atomic E-state index is -4.45. The predicted octanol–water partition coefficient (Wildman–Crippen LogP) is 4.83. The summed E-state index contributed by atoms with van der Waals surface area (Å²) in [6.07, 6.45) is 0.380. The van der Waals surface area contributed by atoms with Crippen LogP contribution in [0, 0.1) is 0 Å². The van der Waals surface area contributed by atoms with Gasteiger partial charge in [0.05, 0.1) is 17.5 Å². The Kier molecular flexibility index (Phi) is 5.40. The van der Waals surface area contributed by atoms with Gasteiger partial charge in [0.2, 0.25) is 11.8 Å². The van der Waals surface area contributed by atoms with Crippen LogP contribution in [0.2, 0.25) is 0 Å². The molecule has 2 N–H and O–H groups in total. The number of halogens is 3. The number of hydrogen-bond donors (Lipinski definition) is 2. The number of carbonyl (C=O) groups is 2. The first kappa shape index (κ1) is 23.1. The van der Waals surface area contributed by atoms with E-state index in [0.29, 0.717) is 30.2 Å². The van der Waals surface area contributed by atoms with E-state index in [1.807, 2.05) is 12.1 Å². The van der Waals surface area contributed by atoms with Crippen LogP contribution in [0.5, 0.6) is 17.2 Å². The van der Waals surface area contributed by atoms with Crippen molar-refractivity contribution in [3.8, 4) is 17.2 Å². The number of fused-ring (bicyclic) bond motifs is 4. The largest absolute Gasteiger partial charge is 0.487 e. The average Bonchev–Trinajstić information content (AvgIpc) is 3.38. The Morgan fingerprint density at radius 3 is 2.86 bits per heavy atom. The molecule has 2 aliphatic heterocycles. The Hall–Kier alpha value is -4.34. The van der Waals surface area contributed by atoms with E-state index in [9.17, 15) is 22.8 Å². The lowest BCUT2D eigenvalue weighted by Gasteiger charge is -2.19. The van der Waals surface area contributed by atoms with E-state index in [-0.39, 0.29) is 29.5 Å². The number of benzene rings is 2. The molecule has 1 saturated carbocycles. The van der Waals surface area contributed by atoms with Crippen molar-refractivity contribution in [3.05, 3.63) is 83.1 Å². The maximum Gasteiger partial charge on any atom is 0.416 e. The highest BCUT2D eigenvalue weighted by Crippen LogP contribution is 2.54. The highest BCUT2D eigenvalue weighted by molar-refractivity contribution is 5.93. The highest BCUT2D eigenvalue weighted by Gasteiger charge is 2.59. The summed E-state index contributed by atoms with van der Waals surface area (Å²) in [5.41, 5.74) is 1.25. The van der Waals surface area contributed by atoms with Crippen molar-refractivity contribution >= 4 is 23.7 Å². The normalized spacial score (nSPS) is 21.4. The Morgan fingerprint density at radius 1 is 1.16 bits per heavy atom. The first-order valence-electron chi connectivity index (χ1n) is 11.7. The van der Waals surface area contributed by atoms with Crippen molar-refractivity contribution in [2.75, 3.05) is 5.32 Å². The molecule has 3 heterocycles. The molecule has 3 atom stereocenters. The van der Waals surface area contributed by atoms with E-state index in [2.05, 4.69) is 15.6 Å². The first-order chi connectivity index (χ1) is 17.8. The molecule has 1 aliphatic carbocycles. The topological polar surface area (TPSA) is 89.6 Å². The first-order valence-corrected chi connectivity index (χ1v) is 11.7. The summed E-state index contributed by atoms with van der Waals surface area (Å²) < 4.78 is 50.7. The maximum atomic E-state index is 12.9. The average molecular weight is 507 g/mol. The zero-order valence-electron chi connectivity index (χ0n) is 19.2. The third-order valence-electron chi connectivity index (χ3n) is 6.61. The van der Waals surface area contributed by atoms with Crippen LogP contribution in [0.1, 0.15) is 34.6 Å². The number of ether oxygens (including phenoxy) is 2. The fourth-order valence-corrected chi connectivity index (χ4v) is 4.76. The third kappa shape index (κ3) is 4.50. The van der Waals surface area contributed by atoms with Gasteiger partial charge in [0, 0.05) is 29.8 Å². The summed E-state index contributed by atoms with van der Waals surface area (Å²) in [5, 5.41) is 5.61. The predicted molar refractivity (Wildman–Crippen MR) is 127 cm³/mol. The van der Waals surface area contributed by atoms with Crippen molar-refractivity contribution in [3.63, 3.8) is 0 Å². The summed E-state index contributed by atoms with van der Waals surface area (Å²) in [6, 6.07) is 11.8. The number of aromatic nitrogens is 1. The summed E-state index contributed by atoms with van der Waals surface area (Å²) in [4.78, 5) is 28.3. The molecule has 0 bridgehead atoms. The molecule has 0 saturated heterocycles. The number of nitrogens with one attached hydrogen (secondary N) is 2. The minimum Gasteiger partial charge on any atom is -0.487 e. The third-order valence-corrected chi connectivity index (χ3v) is 6.61. The van der Waals surface area contributed by atoms with E-state index in [1.54, 1.807) is 18.3 Å². The summed E-state index contributed by atoms with van der Waals surface area (Å²) >= 11 is 0. The number of hydrogen-bond acceptors (Lipinski definition) is 5. The van der Waals surface area contributed by atoms with E-state index in [0.717, 1.165) is 29.0 Å². The molecule has 1 aromatic heterocycles. The number of rotatable bonds is 5. The quantitative estimate of drug-likeness (QED) is 0.483. The second-order valence-electron chi connectivity index (χ2n) is 9.09. The van der Waals surface area contributed by atoms with E-state index < -0.39 is 17.6 Å². The second-order valence-corrected chi connectivity index (χ2v) is 9.09. The van der Waals surface area contributed by atoms with Crippen molar-refractivity contribution in [2.45, 2.75) is 37.1 Å². The van der Waals surface area contributed by atoms with Crippen molar-refractivity contribution < 1.29 is 32.2 Å². The van der Waals surface area contributed by atoms with Crippen LogP contribution in [0.3, 0.4) is 0 Å². The van der Waals surface area contributed by atoms with Crippen LogP contribution >= 0.6 is 0 Å². The summed E-state index contributed by atoms with van der Waals surface area (Å²) in [6.45, 7) is 0. The molecule has 2 aromatic carbocycles. The van der Waals surface area contributed by atoms with Gasteiger partial charge in [-0.2, -0.15) is 13.2 Å². The highest BCUT2D eigenvalue weighted by atomic mass is 19.4. The number of amides is 2. The minimum absolute atomic E-state index is 0.0462. The number of pyridine rings is 1. The molecule has 2 amide bonds. The smallest absolute Gasteiger partial charge is 0.416 e. The molecule has 7 nitrogen and oxygen atoms in total.